The summed E-state index contributed by atoms with van der Waals surface area (Å²) in [5.74, 6) is -0.296. The molecule has 3 rings (SSSR count). The second kappa shape index (κ2) is 7.95. The molecule has 128 valence electrons. The second-order valence-electron chi connectivity index (χ2n) is 5.71. The summed E-state index contributed by atoms with van der Waals surface area (Å²) < 4.78 is 0. The van der Waals surface area contributed by atoms with Crippen molar-refractivity contribution in [2.24, 2.45) is 0 Å². The van der Waals surface area contributed by atoms with Crippen LogP contribution in [0.15, 0.2) is 66.9 Å². The van der Waals surface area contributed by atoms with Gasteiger partial charge in [-0.05, 0) is 54.4 Å². The van der Waals surface area contributed by atoms with Gasteiger partial charge in [-0.3, -0.25) is 4.79 Å². The van der Waals surface area contributed by atoms with E-state index in [2.05, 4.69) is 28.6 Å². The average Bonchev–Trinajstić information content (AvgIpc) is 2.69. The summed E-state index contributed by atoms with van der Waals surface area (Å²) in [6, 6.07) is 20.3. The van der Waals surface area contributed by atoms with Gasteiger partial charge in [0.05, 0.1) is 23.5 Å². The van der Waals surface area contributed by atoms with Crippen LogP contribution in [0.2, 0.25) is 0 Å². The first-order chi connectivity index (χ1) is 12.7. The monoisotopic (exact) mass is 342 g/mol. The van der Waals surface area contributed by atoms with Gasteiger partial charge < -0.3 is 10.6 Å². The fourth-order valence-corrected chi connectivity index (χ4v) is 2.53. The van der Waals surface area contributed by atoms with Crippen LogP contribution >= 0.6 is 0 Å². The second-order valence-corrected chi connectivity index (χ2v) is 5.71. The number of rotatable bonds is 5. The van der Waals surface area contributed by atoms with Crippen LogP contribution in [0, 0.1) is 11.3 Å². The van der Waals surface area contributed by atoms with Gasteiger partial charge in [0.25, 0.3) is 5.91 Å². The molecular weight excluding hydrogens is 324 g/mol. The van der Waals surface area contributed by atoms with Crippen molar-refractivity contribution in [3.05, 3.63) is 83.7 Å². The van der Waals surface area contributed by atoms with Crippen molar-refractivity contribution < 1.29 is 4.79 Å². The van der Waals surface area contributed by atoms with Crippen molar-refractivity contribution in [3.63, 3.8) is 0 Å². The van der Waals surface area contributed by atoms with E-state index in [0.29, 0.717) is 16.9 Å². The fraction of sp³-hybridized carbons (Fsp3) is 0.0952. The van der Waals surface area contributed by atoms with Crippen molar-refractivity contribution in [2.45, 2.75) is 13.3 Å². The average molecular weight is 342 g/mol. The van der Waals surface area contributed by atoms with Gasteiger partial charge in [0.15, 0.2) is 0 Å². The molecule has 0 unspecified atom stereocenters. The van der Waals surface area contributed by atoms with E-state index in [4.69, 9.17) is 5.26 Å². The molecule has 3 aromatic rings. The largest absolute Gasteiger partial charge is 0.354 e. The molecule has 26 heavy (non-hydrogen) atoms. The highest BCUT2D eigenvalue weighted by Gasteiger charge is 2.08. The number of aromatic nitrogens is 1. The Labute approximate surface area is 152 Å². The van der Waals surface area contributed by atoms with Gasteiger partial charge in [-0.25, -0.2) is 4.98 Å². The van der Waals surface area contributed by atoms with Gasteiger partial charge in [-0.2, -0.15) is 5.26 Å². The van der Waals surface area contributed by atoms with Gasteiger partial charge in [0.2, 0.25) is 0 Å². The van der Waals surface area contributed by atoms with E-state index < -0.39 is 0 Å². The maximum absolute atomic E-state index is 12.3. The number of benzene rings is 2. The van der Waals surface area contributed by atoms with E-state index in [1.807, 2.05) is 30.3 Å². The first-order valence-electron chi connectivity index (χ1n) is 8.32. The summed E-state index contributed by atoms with van der Waals surface area (Å²) in [6.07, 6.45) is 2.57. The molecule has 0 aliphatic carbocycles. The summed E-state index contributed by atoms with van der Waals surface area (Å²) in [4.78, 5) is 16.5. The van der Waals surface area contributed by atoms with Crippen molar-refractivity contribution >= 4 is 23.0 Å². The summed E-state index contributed by atoms with van der Waals surface area (Å²) in [5, 5.41) is 14.9. The number of anilines is 3. The summed E-state index contributed by atoms with van der Waals surface area (Å²) in [7, 11) is 0. The number of nitrogens with zero attached hydrogens (tertiary/aromatic N) is 2. The van der Waals surface area contributed by atoms with E-state index in [9.17, 15) is 4.79 Å². The molecule has 0 spiro atoms. The maximum atomic E-state index is 12.3. The number of aryl methyl sites for hydroxylation is 1. The van der Waals surface area contributed by atoms with Crippen LogP contribution in [0.4, 0.5) is 17.1 Å². The molecule has 1 aromatic heterocycles. The standard InChI is InChI=1S/C21H18N4O/c1-2-16-5-3-4-6-19(16)24-18-11-12-20(23-14-18)21(26)25-17-9-7-15(13-22)8-10-17/h3-12,14,24H,2H2,1H3,(H,25,26). The van der Waals surface area contributed by atoms with E-state index in [1.165, 1.54) is 5.56 Å². The third kappa shape index (κ3) is 4.05. The lowest BCUT2D eigenvalue weighted by Gasteiger charge is -2.11. The Morgan fingerprint density at radius 3 is 2.42 bits per heavy atom. The Morgan fingerprint density at radius 2 is 1.77 bits per heavy atom. The van der Waals surface area contributed by atoms with Crippen LogP contribution in [-0.2, 0) is 6.42 Å². The number of para-hydroxylation sites is 1. The molecule has 5 heteroatoms. The smallest absolute Gasteiger partial charge is 0.274 e. The predicted molar refractivity (Wildman–Crippen MR) is 102 cm³/mol. The van der Waals surface area contributed by atoms with Crippen LogP contribution in [0.25, 0.3) is 0 Å². The van der Waals surface area contributed by atoms with Crippen LogP contribution < -0.4 is 10.6 Å². The number of nitriles is 1. The number of nitrogens with one attached hydrogen (secondary N) is 2. The first kappa shape index (κ1) is 17.2. The predicted octanol–water partition coefficient (Wildman–Crippen LogP) is 4.51. The highest BCUT2D eigenvalue weighted by molar-refractivity contribution is 6.03. The minimum absolute atomic E-state index is 0.296. The Bertz CT molecular complexity index is 941. The highest BCUT2D eigenvalue weighted by Crippen LogP contribution is 2.21. The van der Waals surface area contributed by atoms with E-state index in [1.54, 1.807) is 36.5 Å². The molecule has 0 fully saturated rings. The van der Waals surface area contributed by atoms with Gasteiger partial charge in [-0.1, -0.05) is 25.1 Å². The summed E-state index contributed by atoms with van der Waals surface area (Å²) >= 11 is 0. The minimum atomic E-state index is -0.296. The number of hydrogen-bond acceptors (Lipinski definition) is 4. The third-order valence-corrected chi connectivity index (χ3v) is 3.95. The lowest BCUT2D eigenvalue weighted by Crippen LogP contribution is -2.13. The maximum Gasteiger partial charge on any atom is 0.274 e. The molecule has 0 saturated carbocycles. The van der Waals surface area contributed by atoms with Crippen LogP contribution in [0.5, 0.6) is 0 Å². The fourth-order valence-electron chi connectivity index (χ4n) is 2.53. The van der Waals surface area contributed by atoms with Gasteiger partial charge in [-0.15, -0.1) is 0 Å². The molecule has 0 atom stereocenters. The number of amides is 1. The van der Waals surface area contributed by atoms with Gasteiger partial charge >= 0.3 is 0 Å². The topological polar surface area (TPSA) is 77.8 Å². The van der Waals surface area contributed by atoms with E-state index >= 15 is 0 Å². The Kier molecular flexibility index (Phi) is 5.25. The van der Waals surface area contributed by atoms with Crippen molar-refractivity contribution in [1.82, 2.24) is 4.98 Å². The zero-order chi connectivity index (χ0) is 18.4. The van der Waals surface area contributed by atoms with Crippen molar-refractivity contribution in [3.8, 4) is 6.07 Å². The molecule has 2 N–H and O–H groups in total. The first-order valence-corrected chi connectivity index (χ1v) is 8.32. The van der Waals surface area contributed by atoms with E-state index in [0.717, 1.165) is 17.8 Å². The molecule has 5 nitrogen and oxygen atoms in total. The Morgan fingerprint density at radius 1 is 1.04 bits per heavy atom. The number of hydrogen-bond donors (Lipinski definition) is 2. The molecule has 0 saturated heterocycles. The summed E-state index contributed by atoms with van der Waals surface area (Å²) in [5.41, 5.74) is 4.56. The normalized spacial score (nSPS) is 10.0. The van der Waals surface area contributed by atoms with Crippen LogP contribution in [0.3, 0.4) is 0 Å². The molecule has 0 radical (unpaired) electrons. The SMILES string of the molecule is CCc1ccccc1Nc1ccc(C(=O)Nc2ccc(C#N)cc2)nc1. The zero-order valence-corrected chi connectivity index (χ0v) is 14.4. The number of pyridine rings is 1. The third-order valence-electron chi connectivity index (χ3n) is 3.95. The molecular formula is C21H18N4O. The molecule has 2 aromatic carbocycles. The molecule has 0 aliphatic heterocycles. The Balaban J connectivity index is 1.68. The van der Waals surface area contributed by atoms with Crippen molar-refractivity contribution in [2.75, 3.05) is 10.6 Å². The summed E-state index contributed by atoms with van der Waals surface area (Å²) in [6.45, 7) is 2.11. The molecule has 0 bridgehead atoms. The van der Waals surface area contributed by atoms with Crippen LogP contribution in [0.1, 0.15) is 28.5 Å². The van der Waals surface area contributed by atoms with E-state index in [-0.39, 0.29) is 5.91 Å². The Hall–Kier alpha value is -3.65. The molecule has 1 heterocycles. The van der Waals surface area contributed by atoms with Gasteiger partial charge in [0, 0.05) is 11.4 Å². The van der Waals surface area contributed by atoms with Crippen molar-refractivity contribution in [1.29, 1.82) is 5.26 Å². The number of carbonyl (C=O) groups excluding carboxylic acids is 1. The lowest BCUT2D eigenvalue weighted by atomic mass is 10.1. The highest BCUT2D eigenvalue weighted by atomic mass is 16.1. The lowest BCUT2D eigenvalue weighted by molar-refractivity contribution is 0.102. The molecule has 1 amide bonds. The van der Waals surface area contributed by atoms with Crippen LogP contribution in [-0.4, -0.2) is 10.9 Å². The van der Waals surface area contributed by atoms with Gasteiger partial charge in [0.1, 0.15) is 5.69 Å². The minimum Gasteiger partial charge on any atom is -0.354 e. The molecule has 0 aliphatic rings. The zero-order valence-electron chi connectivity index (χ0n) is 14.4. The number of carbonyl (C=O) groups is 1. The quantitative estimate of drug-likeness (QED) is 0.715.